The molecule has 5 nitrogen and oxygen atoms in total. The van der Waals surface area contributed by atoms with Crippen molar-refractivity contribution in [3.05, 3.63) is 29.2 Å². The van der Waals surface area contributed by atoms with Crippen LogP contribution >= 0.6 is 0 Å². The second kappa shape index (κ2) is 2.80. The number of carbonyl (C=O) groups is 1. The van der Waals surface area contributed by atoms with Crippen molar-refractivity contribution in [2.75, 3.05) is 0 Å². The first-order valence-electron chi connectivity index (χ1n) is 4.14. The summed E-state index contributed by atoms with van der Waals surface area (Å²) in [4.78, 5) is 15.3. The fraction of sp³-hybridized carbons (Fsp3) is 0.222. The van der Waals surface area contributed by atoms with E-state index in [-0.39, 0.29) is 0 Å². The molecule has 2 aromatic rings. The molecule has 1 radical (unpaired) electrons. The minimum absolute atomic E-state index is 0.426. The zero-order valence-electron chi connectivity index (χ0n) is 7.90. The van der Waals surface area contributed by atoms with Gasteiger partial charge >= 0.3 is 0 Å². The number of nitrogens with zero attached hydrogens (tertiary/aromatic N) is 3. The molecule has 0 unspecified atom stereocenters. The van der Waals surface area contributed by atoms with Gasteiger partial charge in [0, 0.05) is 6.07 Å². The maximum absolute atomic E-state index is 11.1. The lowest BCUT2D eigenvalue weighted by Crippen LogP contribution is -2.18. The van der Waals surface area contributed by atoms with Gasteiger partial charge in [0.2, 0.25) is 0 Å². The Morgan fingerprint density at radius 1 is 1.57 bits per heavy atom. The van der Waals surface area contributed by atoms with Crippen LogP contribution in [0.2, 0.25) is 0 Å². The molecular formula is C9H9N4O. The van der Waals surface area contributed by atoms with Crippen molar-refractivity contribution in [2.24, 2.45) is 5.73 Å². The standard InChI is InChI=1S/C9H9N4O/c1-5-8(9(10)14)6(2)13-7(12-5)3-4-11-13/h3H,1-2H3,(H2,10,14). The second-order valence-electron chi connectivity index (χ2n) is 3.07. The van der Waals surface area contributed by atoms with Crippen LogP contribution in [0.25, 0.3) is 5.65 Å². The van der Waals surface area contributed by atoms with Crippen LogP contribution in [-0.2, 0) is 0 Å². The van der Waals surface area contributed by atoms with Crippen molar-refractivity contribution in [2.45, 2.75) is 13.8 Å². The summed E-state index contributed by atoms with van der Waals surface area (Å²) >= 11 is 0. The number of amides is 1. The number of carbonyl (C=O) groups excluding carboxylic acids is 1. The maximum Gasteiger partial charge on any atom is 0.252 e. The Bertz CT molecular complexity index is 515. The van der Waals surface area contributed by atoms with Crippen LogP contribution in [0, 0.1) is 20.0 Å². The Labute approximate surface area is 80.6 Å². The smallest absolute Gasteiger partial charge is 0.252 e. The Hall–Kier alpha value is -1.91. The van der Waals surface area contributed by atoms with Gasteiger partial charge in [-0.15, -0.1) is 0 Å². The third-order valence-corrected chi connectivity index (χ3v) is 2.14. The fourth-order valence-electron chi connectivity index (χ4n) is 1.54. The first-order valence-corrected chi connectivity index (χ1v) is 4.14. The number of rotatable bonds is 1. The molecule has 5 heteroatoms. The van der Waals surface area contributed by atoms with Crippen LogP contribution in [0.4, 0.5) is 0 Å². The van der Waals surface area contributed by atoms with Crippen molar-refractivity contribution in [3.63, 3.8) is 0 Å². The van der Waals surface area contributed by atoms with Gasteiger partial charge in [-0.25, -0.2) is 9.50 Å². The van der Waals surface area contributed by atoms with Gasteiger partial charge in [0.1, 0.15) is 6.20 Å². The Balaban J connectivity index is 2.89. The first kappa shape index (κ1) is 8.68. The number of hydrogen-bond acceptors (Lipinski definition) is 3. The van der Waals surface area contributed by atoms with E-state index >= 15 is 0 Å². The monoisotopic (exact) mass is 189 g/mol. The lowest BCUT2D eigenvalue weighted by Gasteiger charge is -2.06. The number of primary amides is 1. The summed E-state index contributed by atoms with van der Waals surface area (Å²) in [6.07, 6.45) is 2.67. The van der Waals surface area contributed by atoms with Crippen molar-refractivity contribution in [1.82, 2.24) is 14.6 Å². The molecule has 2 rings (SSSR count). The molecule has 14 heavy (non-hydrogen) atoms. The molecule has 0 aliphatic heterocycles. The topological polar surface area (TPSA) is 73.3 Å². The van der Waals surface area contributed by atoms with E-state index in [9.17, 15) is 4.79 Å². The molecule has 0 saturated heterocycles. The molecule has 0 spiro atoms. The lowest BCUT2D eigenvalue weighted by molar-refractivity contribution is 0.0998. The molecule has 0 fully saturated rings. The molecule has 71 valence electrons. The Morgan fingerprint density at radius 3 is 2.93 bits per heavy atom. The predicted octanol–water partition coefficient (Wildman–Crippen LogP) is 0.245. The predicted molar refractivity (Wildman–Crippen MR) is 49.8 cm³/mol. The number of fused-ring (bicyclic) bond motifs is 1. The summed E-state index contributed by atoms with van der Waals surface area (Å²) in [7, 11) is 0. The molecule has 2 N–H and O–H groups in total. The largest absolute Gasteiger partial charge is 0.365 e. The van der Waals surface area contributed by atoms with E-state index in [0.29, 0.717) is 22.6 Å². The van der Waals surface area contributed by atoms with Gasteiger partial charge in [0.25, 0.3) is 5.91 Å². The van der Waals surface area contributed by atoms with E-state index < -0.39 is 5.91 Å². The highest BCUT2D eigenvalue weighted by Gasteiger charge is 2.13. The average molecular weight is 189 g/mol. The quantitative estimate of drug-likeness (QED) is 0.698. The van der Waals surface area contributed by atoms with Gasteiger partial charge in [0.15, 0.2) is 5.65 Å². The van der Waals surface area contributed by atoms with Gasteiger partial charge in [-0.05, 0) is 13.8 Å². The third-order valence-electron chi connectivity index (χ3n) is 2.14. The van der Waals surface area contributed by atoms with E-state index in [4.69, 9.17) is 5.73 Å². The van der Waals surface area contributed by atoms with Gasteiger partial charge < -0.3 is 5.73 Å². The van der Waals surface area contributed by atoms with Crippen molar-refractivity contribution in [3.8, 4) is 0 Å². The molecule has 0 aliphatic carbocycles. The number of aryl methyl sites for hydroxylation is 2. The van der Waals surface area contributed by atoms with Crippen molar-refractivity contribution >= 4 is 11.6 Å². The second-order valence-corrected chi connectivity index (χ2v) is 3.07. The fourth-order valence-corrected chi connectivity index (χ4v) is 1.54. The number of hydrogen-bond donors (Lipinski definition) is 1. The van der Waals surface area contributed by atoms with Gasteiger partial charge in [-0.1, -0.05) is 0 Å². The Kier molecular flexibility index (Phi) is 1.73. The summed E-state index contributed by atoms with van der Waals surface area (Å²) < 4.78 is 1.55. The van der Waals surface area contributed by atoms with Crippen LogP contribution < -0.4 is 5.73 Å². The minimum atomic E-state index is -0.482. The van der Waals surface area contributed by atoms with E-state index in [2.05, 4.69) is 16.3 Å². The first-order chi connectivity index (χ1) is 6.61. The van der Waals surface area contributed by atoms with Crippen LogP contribution in [0.1, 0.15) is 21.7 Å². The highest BCUT2D eigenvalue weighted by molar-refractivity contribution is 5.95. The molecule has 0 atom stereocenters. The summed E-state index contributed by atoms with van der Waals surface area (Å²) in [5, 5.41) is 3.92. The average Bonchev–Trinajstić information content (AvgIpc) is 2.50. The van der Waals surface area contributed by atoms with E-state index in [0.717, 1.165) is 0 Å². The minimum Gasteiger partial charge on any atom is -0.365 e. The zero-order chi connectivity index (χ0) is 10.3. The lowest BCUT2D eigenvalue weighted by atomic mass is 10.1. The molecule has 1 amide bonds. The summed E-state index contributed by atoms with van der Waals surface area (Å²) in [5.74, 6) is -0.482. The third kappa shape index (κ3) is 1.06. The van der Waals surface area contributed by atoms with E-state index in [1.54, 1.807) is 24.4 Å². The highest BCUT2D eigenvalue weighted by Crippen LogP contribution is 2.12. The molecule has 2 aromatic heterocycles. The van der Waals surface area contributed by atoms with Crippen molar-refractivity contribution in [1.29, 1.82) is 0 Å². The van der Waals surface area contributed by atoms with Crippen LogP contribution in [0.15, 0.2) is 6.07 Å². The number of nitrogens with two attached hydrogens (primary N) is 1. The maximum atomic E-state index is 11.1. The molecular weight excluding hydrogens is 180 g/mol. The molecule has 0 saturated carbocycles. The van der Waals surface area contributed by atoms with Crippen LogP contribution in [-0.4, -0.2) is 20.5 Å². The van der Waals surface area contributed by atoms with E-state index in [1.807, 2.05) is 0 Å². The molecule has 0 aliphatic rings. The van der Waals surface area contributed by atoms with Crippen molar-refractivity contribution < 1.29 is 4.79 Å². The van der Waals surface area contributed by atoms with E-state index in [1.165, 1.54) is 0 Å². The molecule has 0 bridgehead atoms. The molecule has 2 heterocycles. The summed E-state index contributed by atoms with van der Waals surface area (Å²) in [6, 6.07) is 1.66. The normalized spacial score (nSPS) is 10.7. The zero-order valence-corrected chi connectivity index (χ0v) is 7.90. The van der Waals surface area contributed by atoms with Gasteiger partial charge in [-0.2, -0.15) is 5.10 Å². The van der Waals surface area contributed by atoms with Crippen LogP contribution in [0.3, 0.4) is 0 Å². The van der Waals surface area contributed by atoms with Gasteiger partial charge in [0.05, 0.1) is 17.0 Å². The SMILES string of the molecule is Cc1nc2c[c]nn2c(C)c1C(N)=O. The highest BCUT2D eigenvalue weighted by atomic mass is 16.1. The van der Waals surface area contributed by atoms with Crippen LogP contribution in [0.5, 0.6) is 0 Å². The number of aromatic nitrogens is 3. The summed E-state index contributed by atoms with van der Waals surface area (Å²) in [5.41, 5.74) is 7.66. The molecule has 0 aromatic carbocycles. The van der Waals surface area contributed by atoms with Gasteiger partial charge in [-0.3, -0.25) is 4.79 Å². The summed E-state index contributed by atoms with van der Waals surface area (Å²) in [6.45, 7) is 3.53. The Morgan fingerprint density at radius 2 is 2.29 bits per heavy atom.